The number of benzene rings is 5. The number of para-hydroxylation sites is 1. The van der Waals surface area contributed by atoms with E-state index in [1.54, 1.807) is 78.9 Å². The summed E-state index contributed by atoms with van der Waals surface area (Å²) in [6.07, 6.45) is 1.47. The van der Waals surface area contributed by atoms with Crippen LogP contribution in [0.15, 0.2) is 149 Å². The van der Waals surface area contributed by atoms with Gasteiger partial charge in [0, 0.05) is 21.7 Å². The first-order chi connectivity index (χ1) is 25.8. The number of hydrazone groups is 1. The Morgan fingerprint density at radius 1 is 0.792 bits per heavy atom. The molecule has 1 aliphatic rings. The highest BCUT2D eigenvalue weighted by molar-refractivity contribution is 8.00. The topological polar surface area (TPSA) is 138 Å². The molecule has 5 aromatic carbocycles. The highest BCUT2D eigenvalue weighted by Gasteiger charge is 2.30. The van der Waals surface area contributed by atoms with Crippen LogP contribution in [0.25, 0.3) is 6.08 Å². The van der Waals surface area contributed by atoms with Crippen LogP contribution in [0.2, 0.25) is 0 Å². The minimum absolute atomic E-state index is 0.0403. The third-order valence-corrected chi connectivity index (χ3v) is 9.24. The van der Waals surface area contributed by atoms with Gasteiger partial charge in [-0.05, 0) is 72.3 Å². The number of amidine groups is 1. The number of anilines is 2. The third-order valence-electron chi connectivity index (χ3n) is 8.00. The zero-order valence-corrected chi connectivity index (χ0v) is 29.6. The van der Waals surface area contributed by atoms with Crippen LogP contribution < -0.4 is 30.4 Å². The van der Waals surface area contributed by atoms with Crippen molar-refractivity contribution < 1.29 is 28.7 Å². The lowest BCUT2D eigenvalue weighted by molar-refractivity contribution is -0.119. The number of carbonyl (C=O) groups is 4. The van der Waals surface area contributed by atoms with Crippen LogP contribution in [-0.2, 0) is 14.4 Å². The fourth-order valence-corrected chi connectivity index (χ4v) is 6.49. The molecule has 0 spiro atoms. The van der Waals surface area contributed by atoms with E-state index in [1.165, 1.54) is 37.1 Å². The van der Waals surface area contributed by atoms with Gasteiger partial charge in [0.15, 0.2) is 0 Å². The van der Waals surface area contributed by atoms with Gasteiger partial charge in [-0.2, -0.15) is 10.1 Å². The second-order valence-electron chi connectivity index (χ2n) is 11.6. The van der Waals surface area contributed by atoms with Crippen molar-refractivity contribution in [3.8, 4) is 11.5 Å². The SMILES string of the molecule is COc1ccc(OC)c(/C=C(/NC(=O)c2ccccc2)C(=O)Nc2cccc(SC(C(=O)NC3=NN(c4ccccc4)C(=O)C3)c3ccccc3)c2)c1. The second kappa shape index (κ2) is 17.0. The normalized spacial score (nSPS) is 13.1. The summed E-state index contributed by atoms with van der Waals surface area (Å²) in [4.78, 5) is 54.3. The van der Waals surface area contributed by atoms with Crippen LogP contribution in [0.4, 0.5) is 11.4 Å². The van der Waals surface area contributed by atoms with Gasteiger partial charge < -0.3 is 25.4 Å². The Kier molecular flexibility index (Phi) is 11.6. The molecule has 0 radical (unpaired) electrons. The number of ether oxygens (including phenoxy) is 2. The number of nitrogens with one attached hydrogen (secondary N) is 3. The first-order valence-electron chi connectivity index (χ1n) is 16.5. The van der Waals surface area contributed by atoms with Crippen LogP contribution in [0.3, 0.4) is 0 Å². The summed E-state index contributed by atoms with van der Waals surface area (Å²) in [7, 11) is 3.04. The van der Waals surface area contributed by atoms with E-state index in [9.17, 15) is 19.2 Å². The molecule has 6 rings (SSSR count). The van der Waals surface area contributed by atoms with E-state index in [2.05, 4.69) is 21.1 Å². The van der Waals surface area contributed by atoms with Gasteiger partial charge in [0.25, 0.3) is 17.7 Å². The van der Waals surface area contributed by atoms with E-state index >= 15 is 0 Å². The van der Waals surface area contributed by atoms with Gasteiger partial charge in [-0.3, -0.25) is 19.2 Å². The molecule has 0 aliphatic carbocycles. The lowest BCUT2D eigenvalue weighted by Gasteiger charge is -2.17. The maximum Gasteiger partial charge on any atom is 0.272 e. The number of hydrogen-bond acceptors (Lipinski definition) is 8. The molecular weight excluding hydrogens is 691 g/mol. The molecule has 1 unspecified atom stereocenters. The van der Waals surface area contributed by atoms with Crippen LogP contribution in [0.1, 0.15) is 33.2 Å². The largest absolute Gasteiger partial charge is 0.497 e. The quantitative estimate of drug-likeness (QED) is 0.0949. The highest BCUT2D eigenvalue weighted by atomic mass is 32.2. The Hall–Kier alpha value is -6.66. The zero-order valence-electron chi connectivity index (χ0n) is 28.8. The molecule has 3 N–H and O–H groups in total. The Balaban J connectivity index is 1.24. The number of methoxy groups -OCH3 is 2. The molecule has 266 valence electrons. The van der Waals surface area contributed by atoms with Crippen LogP contribution in [0.5, 0.6) is 11.5 Å². The van der Waals surface area contributed by atoms with E-state index in [0.717, 1.165) is 5.56 Å². The maximum absolute atomic E-state index is 13.9. The summed E-state index contributed by atoms with van der Waals surface area (Å²) in [5.41, 5.74) is 2.60. The molecule has 0 saturated heterocycles. The summed E-state index contributed by atoms with van der Waals surface area (Å²) in [5.74, 6) is -0.436. The average Bonchev–Trinajstić information content (AvgIpc) is 3.56. The molecule has 11 nitrogen and oxygen atoms in total. The predicted molar refractivity (Wildman–Crippen MR) is 206 cm³/mol. The molecule has 53 heavy (non-hydrogen) atoms. The van der Waals surface area contributed by atoms with Crippen molar-refractivity contribution in [3.63, 3.8) is 0 Å². The zero-order chi connectivity index (χ0) is 37.2. The van der Waals surface area contributed by atoms with Crippen molar-refractivity contribution in [1.29, 1.82) is 0 Å². The summed E-state index contributed by atoms with van der Waals surface area (Å²) in [6.45, 7) is 0. The number of hydrogen-bond donors (Lipinski definition) is 3. The van der Waals surface area contributed by atoms with E-state index in [-0.39, 0.29) is 29.8 Å². The maximum atomic E-state index is 13.9. The predicted octanol–water partition coefficient (Wildman–Crippen LogP) is 6.81. The van der Waals surface area contributed by atoms with E-state index in [4.69, 9.17) is 9.47 Å². The van der Waals surface area contributed by atoms with E-state index < -0.39 is 17.1 Å². The number of thioether (sulfide) groups is 1. The van der Waals surface area contributed by atoms with Gasteiger partial charge in [0.1, 0.15) is 28.3 Å². The van der Waals surface area contributed by atoms with Crippen molar-refractivity contribution in [2.45, 2.75) is 16.6 Å². The second-order valence-corrected chi connectivity index (χ2v) is 12.8. The molecule has 1 aliphatic heterocycles. The molecule has 0 bridgehead atoms. The smallest absolute Gasteiger partial charge is 0.272 e. The summed E-state index contributed by atoms with van der Waals surface area (Å²) in [6, 6.07) is 38.9. The van der Waals surface area contributed by atoms with Crippen molar-refractivity contribution in [2.75, 3.05) is 24.5 Å². The van der Waals surface area contributed by atoms with Gasteiger partial charge in [-0.15, -0.1) is 11.8 Å². The van der Waals surface area contributed by atoms with Crippen LogP contribution in [-0.4, -0.2) is 43.7 Å². The van der Waals surface area contributed by atoms with E-state index in [1.807, 2.05) is 54.6 Å². The Bertz CT molecular complexity index is 2180. The number of amides is 4. The van der Waals surface area contributed by atoms with Crippen molar-refractivity contribution in [3.05, 3.63) is 156 Å². The van der Waals surface area contributed by atoms with E-state index in [0.29, 0.717) is 38.9 Å². The highest BCUT2D eigenvalue weighted by Crippen LogP contribution is 2.37. The van der Waals surface area contributed by atoms with Crippen LogP contribution in [0, 0.1) is 0 Å². The van der Waals surface area contributed by atoms with Gasteiger partial charge >= 0.3 is 0 Å². The van der Waals surface area contributed by atoms with Crippen molar-refractivity contribution in [2.24, 2.45) is 5.10 Å². The Morgan fingerprint density at radius 2 is 1.49 bits per heavy atom. The standard InChI is InChI=1S/C41H35N5O6S/c1-51-32-21-22-35(52-2)29(23-32)24-34(43-39(48)28-15-8-4-9-16-28)40(49)42-30-17-12-20-33(25-30)53-38(27-13-6-3-7-14-27)41(50)44-36-26-37(47)46(45-36)31-18-10-5-11-19-31/h3-25,38H,26H2,1-2H3,(H,42,49)(H,43,48)(H,44,45,50)/b34-24+. The minimum atomic E-state index is -0.730. The Morgan fingerprint density at radius 3 is 2.19 bits per heavy atom. The first kappa shape index (κ1) is 36.1. The average molecular weight is 726 g/mol. The number of carbonyl (C=O) groups excluding carboxylic acids is 4. The molecular formula is C41H35N5O6S. The molecule has 12 heteroatoms. The lowest BCUT2D eigenvalue weighted by Crippen LogP contribution is -2.33. The molecule has 0 aromatic heterocycles. The minimum Gasteiger partial charge on any atom is -0.497 e. The lowest BCUT2D eigenvalue weighted by atomic mass is 10.1. The molecule has 1 atom stereocenters. The molecule has 1 heterocycles. The molecule has 0 fully saturated rings. The van der Waals surface area contributed by atoms with Crippen LogP contribution >= 0.6 is 11.8 Å². The fraction of sp³-hybridized carbons (Fsp3) is 0.0976. The monoisotopic (exact) mass is 725 g/mol. The molecule has 4 amide bonds. The summed E-state index contributed by atoms with van der Waals surface area (Å²) < 4.78 is 10.9. The third kappa shape index (κ3) is 9.18. The Labute approximate surface area is 310 Å². The molecule has 5 aromatic rings. The first-order valence-corrected chi connectivity index (χ1v) is 17.4. The number of rotatable bonds is 12. The van der Waals surface area contributed by atoms with Gasteiger partial charge in [-0.25, -0.2) is 0 Å². The van der Waals surface area contributed by atoms with Crippen molar-refractivity contribution >= 4 is 58.7 Å². The number of nitrogens with zero attached hydrogens (tertiary/aromatic N) is 2. The molecule has 0 saturated carbocycles. The van der Waals surface area contributed by atoms with Gasteiger partial charge in [0.2, 0.25) is 5.91 Å². The summed E-state index contributed by atoms with van der Waals surface area (Å²) >= 11 is 1.27. The van der Waals surface area contributed by atoms with Gasteiger partial charge in [-0.1, -0.05) is 72.8 Å². The van der Waals surface area contributed by atoms with Gasteiger partial charge in [0.05, 0.1) is 26.3 Å². The summed E-state index contributed by atoms with van der Waals surface area (Å²) in [5, 5.41) is 13.4. The fourth-order valence-electron chi connectivity index (χ4n) is 5.41. The van der Waals surface area contributed by atoms with Crippen molar-refractivity contribution in [1.82, 2.24) is 10.6 Å².